The van der Waals surface area contributed by atoms with E-state index in [1.54, 1.807) is 0 Å². The van der Waals surface area contributed by atoms with Crippen LogP contribution in [0.25, 0.3) is 0 Å². The molecule has 2 atom stereocenters. The zero-order valence-electron chi connectivity index (χ0n) is 17.8. The van der Waals surface area contributed by atoms with Gasteiger partial charge in [0, 0.05) is 0 Å². The average Bonchev–Trinajstić information content (AvgIpc) is 2.83. The Labute approximate surface area is 158 Å². The summed E-state index contributed by atoms with van der Waals surface area (Å²) in [6.07, 6.45) is 23.0. The van der Waals surface area contributed by atoms with Gasteiger partial charge in [0.2, 0.25) is 0 Å². The van der Waals surface area contributed by atoms with E-state index < -0.39 is 0 Å². The molecule has 2 unspecified atom stereocenters. The van der Waals surface area contributed by atoms with Crippen LogP contribution in [0.2, 0.25) is 0 Å². The highest BCUT2D eigenvalue weighted by Crippen LogP contribution is 2.30. The van der Waals surface area contributed by atoms with Crippen LogP contribution in [0.3, 0.4) is 0 Å². The molecule has 2 heteroatoms. The van der Waals surface area contributed by atoms with Crippen molar-refractivity contribution in [3.63, 3.8) is 0 Å². The molecule has 1 aliphatic rings. The van der Waals surface area contributed by atoms with Gasteiger partial charge in [-0.3, -0.25) is 0 Å². The van der Waals surface area contributed by atoms with Crippen LogP contribution in [-0.4, -0.2) is 18.0 Å². The first-order valence-corrected chi connectivity index (χ1v) is 11.4. The fourth-order valence-electron chi connectivity index (χ4n) is 4.02. The van der Waals surface area contributed by atoms with Crippen molar-refractivity contribution < 1.29 is 9.47 Å². The highest BCUT2D eigenvalue weighted by Gasteiger charge is 2.37. The number of ether oxygens (including phenoxy) is 2. The second-order valence-electron chi connectivity index (χ2n) is 8.62. The summed E-state index contributed by atoms with van der Waals surface area (Å²) < 4.78 is 11.8. The van der Waals surface area contributed by atoms with Gasteiger partial charge < -0.3 is 9.47 Å². The van der Waals surface area contributed by atoms with Crippen LogP contribution in [0.15, 0.2) is 0 Å². The zero-order chi connectivity index (χ0) is 18.4. The first-order chi connectivity index (χ1) is 12.0. The third kappa shape index (κ3) is 12.0. The Hall–Kier alpha value is -0.0800. The first-order valence-electron chi connectivity index (χ1n) is 11.4. The highest BCUT2D eigenvalue weighted by molar-refractivity contribution is 4.78. The van der Waals surface area contributed by atoms with Crippen molar-refractivity contribution in [1.82, 2.24) is 0 Å². The van der Waals surface area contributed by atoms with Crippen LogP contribution >= 0.6 is 0 Å². The zero-order valence-corrected chi connectivity index (χ0v) is 17.8. The van der Waals surface area contributed by atoms with Crippen molar-refractivity contribution in [2.75, 3.05) is 0 Å². The molecule has 0 aromatic rings. The summed E-state index contributed by atoms with van der Waals surface area (Å²) in [5.41, 5.74) is 0. The van der Waals surface area contributed by atoms with Gasteiger partial charge in [-0.2, -0.15) is 0 Å². The quantitative estimate of drug-likeness (QED) is 0.263. The van der Waals surface area contributed by atoms with Crippen LogP contribution in [0, 0.1) is 0 Å². The Morgan fingerprint density at radius 1 is 0.600 bits per heavy atom. The molecule has 0 bridgehead atoms. The number of unbranched alkanes of at least 4 members (excludes halogenated alkanes) is 14. The molecule has 0 aliphatic carbocycles. The van der Waals surface area contributed by atoms with Gasteiger partial charge in [-0.25, -0.2) is 0 Å². The molecule has 1 aliphatic heterocycles. The van der Waals surface area contributed by atoms with E-state index in [1.807, 2.05) is 13.8 Å². The van der Waals surface area contributed by atoms with Crippen LogP contribution in [-0.2, 0) is 9.47 Å². The lowest BCUT2D eigenvalue weighted by Crippen LogP contribution is -2.21. The molecule has 150 valence electrons. The minimum Gasteiger partial charge on any atom is -0.345 e. The molecular weight excluding hydrogens is 308 g/mol. The maximum absolute atomic E-state index is 5.96. The number of rotatable bonds is 16. The summed E-state index contributed by atoms with van der Waals surface area (Å²) in [6, 6.07) is 0. The fourth-order valence-corrected chi connectivity index (χ4v) is 4.02. The maximum Gasteiger partial charge on any atom is 0.163 e. The Bertz CT molecular complexity index is 300. The smallest absolute Gasteiger partial charge is 0.163 e. The van der Waals surface area contributed by atoms with E-state index in [0.717, 1.165) is 6.42 Å². The monoisotopic (exact) mass is 354 g/mol. The molecule has 1 fully saturated rings. The molecule has 0 amide bonds. The fraction of sp³-hybridized carbons (Fsp3) is 1.00. The van der Waals surface area contributed by atoms with E-state index in [1.165, 1.54) is 96.3 Å². The third-order valence-corrected chi connectivity index (χ3v) is 5.52. The van der Waals surface area contributed by atoms with E-state index in [0.29, 0.717) is 6.10 Å². The van der Waals surface area contributed by atoms with Crippen LogP contribution in [0.5, 0.6) is 0 Å². The Balaban J connectivity index is 1.76. The normalized spacial score (nSPS) is 22.6. The Morgan fingerprint density at radius 2 is 1.00 bits per heavy atom. The molecule has 0 N–H and O–H groups in total. The van der Waals surface area contributed by atoms with E-state index in [2.05, 4.69) is 13.8 Å². The molecule has 0 aromatic carbocycles. The largest absolute Gasteiger partial charge is 0.345 e. The molecule has 0 radical (unpaired) electrons. The van der Waals surface area contributed by atoms with Gasteiger partial charge in [-0.1, -0.05) is 103 Å². The molecule has 0 spiro atoms. The molecular formula is C23H46O2. The summed E-state index contributed by atoms with van der Waals surface area (Å²) in [6.45, 7) is 8.48. The van der Waals surface area contributed by atoms with Gasteiger partial charge in [0.15, 0.2) is 5.79 Å². The molecule has 2 nitrogen and oxygen atoms in total. The SMILES string of the molecule is CCCCCCCCCCCCCCCCCC1OC(C)(C)OC1C. The minimum absolute atomic E-state index is 0.252. The molecule has 1 saturated heterocycles. The molecule has 0 aromatic heterocycles. The maximum atomic E-state index is 5.96. The van der Waals surface area contributed by atoms with Crippen LogP contribution in [0.1, 0.15) is 130 Å². The van der Waals surface area contributed by atoms with Gasteiger partial charge in [0.1, 0.15) is 0 Å². The van der Waals surface area contributed by atoms with Gasteiger partial charge in [0.25, 0.3) is 0 Å². The van der Waals surface area contributed by atoms with Gasteiger partial charge in [-0.05, 0) is 27.2 Å². The predicted octanol–water partition coefficient (Wildman–Crippen LogP) is 7.79. The van der Waals surface area contributed by atoms with Crippen molar-refractivity contribution >= 4 is 0 Å². The lowest BCUT2D eigenvalue weighted by molar-refractivity contribution is -0.145. The van der Waals surface area contributed by atoms with Crippen molar-refractivity contribution in [2.24, 2.45) is 0 Å². The third-order valence-electron chi connectivity index (χ3n) is 5.52. The van der Waals surface area contributed by atoms with Crippen molar-refractivity contribution in [2.45, 2.75) is 148 Å². The minimum atomic E-state index is -0.375. The van der Waals surface area contributed by atoms with Gasteiger partial charge in [-0.15, -0.1) is 0 Å². The highest BCUT2D eigenvalue weighted by atomic mass is 16.7. The molecule has 1 rings (SSSR count). The summed E-state index contributed by atoms with van der Waals surface area (Å²) in [7, 11) is 0. The van der Waals surface area contributed by atoms with Gasteiger partial charge in [0.05, 0.1) is 12.2 Å². The predicted molar refractivity (Wildman–Crippen MR) is 109 cm³/mol. The summed E-state index contributed by atoms with van der Waals surface area (Å²) in [5.74, 6) is -0.375. The summed E-state index contributed by atoms with van der Waals surface area (Å²) in [4.78, 5) is 0. The number of hydrogen-bond donors (Lipinski definition) is 0. The van der Waals surface area contributed by atoms with E-state index in [4.69, 9.17) is 9.47 Å². The Morgan fingerprint density at radius 3 is 1.36 bits per heavy atom. The Kier molecular flexibility index (Phi) is 12.9. The van der Waals surface area contributed by atoms with E-state index in [9.17, 15) is 0 Å². The van der Waals surface area contributed by atoms with E-state index in [-0.39, 0.29) is 11.9 Å². The first kappa shape index (κ1) is 23.0. The molecule has 25 heavy (non-hydrogen) atoms. The molecule has 1 heterocycles. The van der Waals surface area contributed by atoms with E-state index >= 15 is 0 Å². The van der Waals surface area contributed by atoms with Gasteiger partial charge >= 0.3 is 0 Å². The standard InChI is InChI=1S/C23H46O2/c1-5-6-7-8-9-10-11-12-13-14-15-16-17-18-19-20-22-21(2)24-23(3,4)25-22/h21-22H,5-20H2,1-4H3. The lowest BCUT2D eigenvalue weighted by atomic mass is 10.0. The van der Waals surface area contributed by atoms with Crippen molar-refractivity contribution in [3.05, 3.63) is 0 Å². The van der Waals surface area contributed by atoms with Crippen LogP contribution in [0.4, 0.5) is 0 Å². The lowest BCUT2D eigenvalue weighted by Gasteiger charge is -2.16. The second-order valence-corrected chi connectivity index (χ2v) is 8.62. The van der Waals surface area contributed by atoms with Crippen molar-refractivity contribution in [3.8, 4) is 0 Å². The topological polar surface area (TPSA) is 18.5 Å². The molecule has 0 saturated carbocycles. The summed E-state index contributed by atoms with van der Waals surface area (Å²) >= 11 is 0. The second kappa shape index (κ2) is 14.0. The van der Waals surface area contributed by atoms with Crippen molar-refractivity contribution in [1.29, 1.82) is 0 Å². The summed E-state index contributed by atoms with van der Waals surface area (Å²) in [5, 5.41) is 0. The van der Waals surface area contributed by atoms with Crippen LogP contribution < -0.4 is 0 Å². The average molecular weight is 355 g/mol. The number of hydrogen-bond acceptors (Lipinski definition) is 2.